The van der Waals surface area contributed by atoms with Crippen LogP contribution in [-0.4, -0.2) is 6.04 Å². The maximum absolute atomic E-state index is 5.56. The lowest BCUT2D eigenvalue weighted by Gasteiger charge is -2.19. The second kappa shape index (κ2) is 6.20. The first-order valence-corrected chi connectivity index (χ1v) is 5.83. The van der Waals surface area contributed by atoms with E-state index < -0.39 is 0 Å². The first-order valence-electron chi connectivity index (χ1n) is 5.83. The number of nitrogens with two attached hydrogens (primary N) is 1. The van der Waals surface area contributed by atoms with Crippen molar-refractivity contribution in [1.82, 2.24) is 5.43 Å². The first kappa shape index (κ1) is 11.7. The van der Waals surface area contributed by atoms with E-state index in [0.717, 1.165) is 18.8 Å². The Kier molecular flexibility index (Phi) is 5.20. The largest absolute Gasteiger partial charge is 0.271 e. The highest BCUT2D eigenvalue weighted by Crippen LogP contribution is 2.29. The van der Waals surface area contributed by atoms with Gasteiger partial charge in [-0.25, -0.2) is 0 Å². The molecule has 0 amide bonds. The summed E-state index contributed by atoms with van der Waals surface area (Å²) in [6, 6.07) is 0.495. The van der Waals surface area contributed by atoms with Gasteiger partial charge in [0, 0.05) is 6.04 Å². The molecule has 1 rings (SSSR count). The summed E-state index contributed by atoms with van der Waals surface area (Å²) in [7, 11) is 0. The van der Waals surface area contributed by atoms with Gasteiger partial charge in [0.25, 0.3) is 0 Å². The Morgan fingerprint density at radius 2 is 2.14 bits per heavy atom. The molecule has 0 spiro atoms. The van der Waals surface area contributed by atoms with Gasteiger partial charge in [-0.3, -0.25) is 11.3 Å². The van der Waals surface area contributed by atoms with Gasteiger partial charge in [0.05, 0.1) is 0 Å². The van der Waals surface area contributed by atoms with Gasteiger partial charge in [-0.15, -0.1) is 6.58 Å². The van der Waals surface area contributed by atoms with E-state index in [-0.39, 0.29) is 0 Å². The van der Waals surface area contributed by atoms with Crippen LogP contribution >= 0.6 is 0 Å². The van der Waals surface area contributed by atoms with Crippen molar-refractivity contribution in [3.8, 4) is 0 Å². The summed E-state index contributed by atoms with van der Waals surface area (Å²) in [6.07, 6.45) is 9.15. The molecule has 3 N–H and O–H groups in total. The first-order chi connectivity index (χ1) is 6.72. The standard InChI is InChI=1S/C12H24N2/c1-10(2)7-8-12(14-13)9-11-5-3-4-6-11/h11-12,14H,1,3-9,13H2,2H3. The summed E-state index contributed by atoms with van der Waals surface area (Å²) >= 11 is 0. The quantitative estimate of drug-likeness (QED) is 0.389. The summed E-state index contributed by atoms with van der Waals surface area (Å²) in [6.45, 7) is 6.01. The van der Waals surface area contributed by atoms with Gasteiger partial charge in [0.15, 0.2) is 0 Å². The van der Waals surface area contributed by atoms with Crippen LogP contribution in [0.15, 0.2) is 12.2 Å². The number of hydrogen-bond donors (Lipinski definition) is 2. The van der Waals surface area contributed by atoms with Crippen molar-refractivity contribution in [2.45, 2.75) is 57.9 Å². The topological polar surface area (TPSA) is 38.0 Å². The predicted molar refractivity (Wildman–Crippen MR) is 61.7 cm³/mol. The molecular weight excluding hydrogens is 172 g/mol. The Balaban J connectivity index is 2.19. The number of hydrazine groups is 1. The maximum atomic E-state index is 5.56. The molecular formula is C12H24N2. The Hall–Kier alpha value is -0.340. The van der Waals surface area contributed by atoms with Crippen LogP contribution in [0.2, 0.25) is 0 Å². The fourth-order valence-corrected chi connectivity index (χ4v) is 2.34. The summed E-state index contributed by atoms with van der Waals surface area (Å²) < 4.78 is 0. The van der Waals surface area contributed by atoms with E-state index in [2.05, 4.69) is 18.9 Å². The smallest absolute Gasteiger partial charge is 0.0216 e. The zero-order valence-corrected chi connectivity index (χ0v) is 9.39. The Labute approximate surface area is 87.9 Å². The van der Waals surface area contributed by atoms with Crippen LogP contribution in [0.25, 0.3) is 0 Å². The molecule has 1 aliphatic carbocycles. The minimum Gasteiger partial charge on any atom is -0.271 e. The molecule has 82 valence electrons. The van der Waals surface area contributed by atoms with Crippen molar-refractivity contribution in [1.29, 1.82) is 0 Å². The fourth-order valence-electron chi connectivity index (χ4n) is 2.34. The molecule has 1 aliphatic rings. The molecule has 2 nitrogen and oxygen atoms in total. The molecule has 0 aliphatic heterocycles. The summed E-state index contributed by atoms with van der Waals surface area (Å²) in [5.74, 6) is 6.48. The van der Waals surface area contributed by atoms with Crippen molar-refractivity contribution < 1.29 is 0 Å². The van der Waals surface area contributed by atoms with Crippen LogP contribution in [0.4, 0.5) is 0 Å². The minimum absolute atomic E-state index is 0.495. The summed E-state index contributed by atoms with van der Waals surface area (Å²) in [5.41, 5.74) is 4.20. The molecule has 0 radical (unpaired) electrons. The molecule has 0 bridgehead atoms. The Morgan fingerprint density at radius 3 is 2.64 bits per heavy atom. The van der Waals surface area contributed by atoms with Crippen LogP contribution in [0.5, 0.6) is 0 Å². The molecule has 0 saturated heterocycles. The van der Waals surface area contributed by atoms with Gasteiger partial charge in [-0.05, 0) is 32.1 Å². The number of nitrogens with one attached hydrogen (secondary N) is 1. The van der Waals surface area contributed by atoms with Gasteiger partial charge in [0.2, 0.25) is 0 Å². The lowest BCUT2D eigenvalue weighted by molar-refractivity contribution is 0.375. The van der Waals surface area contributed by atoms with Gasteiger partial charge in [-0.2, -0.15) is 0 Å². The normalized spacial score (nSPS) is 19.9. The molecule has 0 aromatic rings. The predicted octanol–water partition coefficient (Wildman–Crippen LogP) is 2.75. The lowest BCUT2D eigenvalue weighted by Crippen LogP contribution is -2.36. The second-order valence-electron chi connectivity index (χ2n) is 4.75. The van der Waals surface area contributed by atoms with Crippen molar-refractivity contribution >= 4 is 0 Å². The highest BCUT2D eigenvalue weighted by Gasteiger charge is 2.19. The highest BCUT2D eigenvalue weighted by molar-refractivity contribution is 4.89. The molecule has 0 aromatic heterocycles. The molecule has 1 saturated carbocycles. The van der Waals surface area contributed by atoms with Gasteiger partial charge in [0.1, 0.15) is 0 Å². The summed E-state index contributed by atoms with van der Waals surface area (Å²) in [4.78, 5) is 0. The van der Waals surface area contributed by atoms with Crippen LogP contribution in [0.1, 0.15) is 51.9 Å². The number of rotatable bonds is 6. The van der Waals surface area contributed by atoms with E-state index in [0.29, 0.717) is 6.04 Å². The van der Waals surface area contributed by atoms with Crippen molar-refractivity contribution in [2.75, 3.05) is 0 Å². The lowest BCUT2D eigenvalue weighted by atomic mass is 9.95. The molecule has 14 heavy (non-hydrogen) atoms. The van der Waals surface area contributed by atoms with Gasteiger partial charge in [-0.1, -0.05) is 31.3 Å². The van der Waals surface area contributed by atoms with E-state index in [1.165, 1.54) is 37.7 Å². The second-order valence-corrected chi connectivity index (χ2v) is 4.75. The average molecular weight is 196 g/mol. The van der Waals surface area contributed by atoms with Gasteiger partial charge < -0.3 is 0 Å². The zero-order chi connectivity index (χ0) is 10.4. The molecule has 2 heteroatoms. The molecule has 1 unspecified atom stereocenters. The third-order valence-corrected chi connectivity index (χ3v) is 3.25. The van der Waals surface area contributed by atoms with Gasteiger partial charge >= 0.3 is 0 Å². The van der Waals surface area contributed by atoms with Crippen LogP contribution in [0.3, 0.4) is 0 Å². The van der Waals surface area contributed by atoms with E-state index in [9.17, 15) is 0 Å². The number of allylic oxidation sites excluding steroid dienone is 1. The third kappa shape index (κ3) is 4.25. The fraction of sp³-hybridized carbons (Fsp3) is 0.833. The molecule has 1 atom stereocenters. The van der Waals surface area contributed by atoms with Crippen molar-refractivity contribution in [3.63, 3.8) is 0 Å². The number of hydrogen-bond acceptors (Lipinski definition) is 2. The van der Waals surface area contributed by atoms with Crippen molar-refractivity contribution in [2.24, 2.45) is 11.8 Å². The van der Waals surface area contributed by atoms with Crippen LogP contribution < -0.4 is 11.3 Å². The van der Waals surface area contributed by atoms with Crippen molar-refractivity contribution in [3.05, 3.63) is 12.2 Å². The Morgan fingerprint density at radius 1 is 1.50 bits per heavy atom. The maximum Gasteiger partial charge on any atom is 0.0216 e. The SMILES string of the molecule is C=C(C)CCC(CC1CCCC1)NN. The van der Waals surface area contributed by atoms with Crippen LogP contribution in [0, 0.1) is 5.92 Å². The minimum atomic E-state index is 0.495. The Bertz CT molecular complexity index is 171. The van der Waals surface area contributed by atoms with E-state index >= 15 is 0 Å². The van der Waals surface area contributed by atoms with E-state index in [1.807, 2.05) is 0 Å². The van der Waals surface area contributed by atoms with E-state index in [4.69, 9.17) is 5.84 Å². The average Bonchev–Trinajstić information content (AvgIpc) is 2.64. The monoisotopic (exact) mass is 196 g/mol. The van der Waals surface area contributed by atoms with E-state index in [1.54, 1.807) is 0 Å². The van der Waals surface area contributed by atoms with Crippen LogP contribution in [-0.2, 0) is 0 Å². The summed E-state index contributed by atoms with van der Waals surface area (Å²) in [5, 5.41) is 0. The third-order valence-electron chi connectivity index (χ3n) is 3.25. The highest BCUT2D eigenvalue weighted by atomic mass is 15.2. The molecule has 1 fully saturated rings. The zero-order valence-electron chi connectivity index (χ0n) is 9.39. The molecule has 0 aromatic carbocycles. The molecule has 0 heterocycles.